The van der Waals surface area contributed by atoms with Crippen LogP contribution in [-0.4, -0.2) is 25.1 Å². The van der Waals surface area contributed by atoms with Crippen LogP contribution in [0, 0.1) is 0 Å². The number of hydrogen-bond donors (Lipinski definition) is 1. The zero-order chi connectivity index (χ0) is 18.7. The molecule has 0 radical (unpaired) electrons. The van der Waals surface area contributed by atoms with Gasteiger partial charge in [-0.3, -0.25) is 4.79 Å². The van der Waals surface area contributed by atoms with Gasteiger partial charge in [-0.25, -0.2) is 0 Å². The van der Waals surface area contributed by atoms with Crippen LogP contribution in [-0.2, 0) is 6.42 Å². The first-order valence-corrected chi connectivity index (χ1v) is 8.59. The fourth-order valence-electron chi connectivity index (χ4n) is 2.98. The summed E-state index contributed by atoms with van der Waals surface area (Å²) in [5, 5.41) is 10.5. The van der Waals surface area contributed by atoms with Crippen molar-refractivity contribution >= 4 is 16.8 Å². The Morgan fingerprint density at radius 3 is 2.38 bits per heavy atom. The average Bonchev–Trinajstić information content (AvgIpc) is 3.02. The van der Waals surface area contributed by atoms with E-state index < -0.39 is 0 Å². The molecular formula is C21H22O5. The second kappa shape index (κ2) is 7.52. The molecule has 26 heavy (non-hydrogen) atoms. The number of carbonyl (C=O) groups is 1. The molecule has 1 aromatic heterocycles. The van der Waals surface area contributed by atoms with Gasteiger partial charge in [0.1, 0.15) is 28.6 Å². The molecule has 0 bridgehead atoms. The Labute approximate surface area is 152 Å². The zero-order valence-corrected chi connectivity index (χ0v) is 15.2. The molecule has 2 aromatic carbocycles. The Bertz CT molecular complexity index is 917. The second-order valence-electron chi connectivity index (χ2n) is 6.11. The van der Waals surface area contributed by atoms with Crippen molar-refractivity contribution in [2.45, 2.75) is 26.2 Å². The van der Waals surface area contributed by atoms with Crippen molar-refractivity contribution in [1.82, 2.24) is 0 Å². The Balaban J connectivity index is 2.16. The number of hydrogen-bond acceptors (Lipinski definition) is 5. The normalized spacial score (nSPS) is 10.9. The van der Waals surface area contributed by atoms with E-state index in [-0.39, 0.29) is 11.5 Å². The molecule has 136 valence electrons. The minimum Gasteiger partial charge on any atom is -0.508 e. The van der Waals surface area contributed by atoms with E-state index in [0.717, 1.165) is 12.8 Å². The summed E-state index contributed by atoms with van der Waals surface area (Å²) in [6.07, 6.45) is 2.56. The highest BCUT2D eigenvalue weighted by molar-refractivity contribution is 6.17. The van der Waals surface area contributed by atoms with E-state index in [2.05, 4.69) is 6.92 Å². The Morgan fingerprint density at radius 2 is 1.77 bits per heavy atom. The smallest absolute Gasteiger partial charge is 0.197 e. The molecule has 0 saturated heterocycles. The van der Waals surface area contributed by atoms with E-state index in [0.29, 0.717) is 45.8 Å². The number of rotatable bonds is 7. The first-order chi connectivity index (χ1) is 12.6. The number of fused-ring (bicyclic) bond motifs is 1. The number of phenolic OH excluding ortho intramolecular Hbond substituents is 1. The fourth-order valence-corrected chi connectivity index (χ4v) is 2.98. The van der Waals surface area contributed by atoms with E-state index in [1.165, 1.54) is 0 Å². The summed E-state index contributed by atoms with van der Waals surface area (Å²) in [6, 6.07) is 9.88. The van der Waals surface area contributed by atoms with Crippen LogP contribution in [0.2, 0.25) is 0 Å². The van der Waals surface area contributed by atoms with E-state index in [1.807, 2.05) is 0 Å². The standard InChI is InChI=1S/C21H22O5/c1-4-5-6-19-20(17-11-14(22)7-8-18(17)26-19)21(23)13-9-15(24-2)12-16(10-13)25-3/h7-12,22H,4-6H2,1-3H3. The summed E-state index contributed by atoms with van der Waals surface area (Å²) in [4.78, 5) is 13.3. The largest absolute Gasteiger partial charge is 0.508 e. The number of furan rings is 1. The molecule has 3 rings (SSSR count). The maximum Gasteiger partial charge on any atom is 0.197 e. The molecule has 1 heterocycles. The third kappa shape index (κ3) is 3.38. The highest BCUT2D eigenvalue weighted by atomic mass is 16.5. The number of carbonyl (C=O) groups excluding carboxylic acids is 1. The van der Waals surface area contributed by atoms with E-state index in [4.69, 9.17) is 13.9 Å². The lowest BCUT2D eigenvalue weighted by molar-refractivity contribution is 0.103. The molecule has 0 amide bonds. The van der Waals surface area contributed by atoms with Gasteiger partial charge in [-0.05, 0) is 36.8 Å². The van der Waals surface area contributed by atoms with Gasteiger partial charge in [0.2, 0.25) is 0 Å². The van der Waals surface area contributed by atoms with Crippen LogP contribution in [0.4, 0.5) is 0 Å². The molecule has 5 nitrogen and oxygen atoms in total. The fraction of sp³-hybridized carbons (Fsp3) is 0.286. The molecule has 0 spiro atoms. The van der Waals surface area contributed by atoms with Gasteiger partial charge in [-0.1, -0.05) is 13.3 Å². The number of aryl methyl sites for hydroxylation is 1. The summed E-state index contributed by atoms with van der Waals surface area (Å²) in [5.41, 5.74) is 1.52. The number of methoxy groups -OCH3 is 2. The third-order valence-electron chi connectivity index (χ3n) is 4.34. The highest BCUT2D eigenvalue weighted by Crippen LogP contribution is 2.33. The molecule has 3 aromatic rings. The van der Waals surface area contributed by atoms with Crippen LogP contribution < -0.4 is 9.47 Å². The van der Waals surface area contributed by atoms with Crippen molar-refractivity contribution in [3.63, 3.8) is 0 Å². The maximum atomic E-state index is 13.3. The van der Waals surface area contributed by atoms with Crippen LogP contribution in [0.3, 0.4) is 0 Å². The molecule has 0 atom stereocenters. The predicted octanol–water partition coefficient (Wildman–Crippen LogP) is 4.73. The van der Waals surface area contributed by atoms with Crippen molar-refractivity contribution < 1.29 is 23.8 Å². The molecule has 0 fully saturated rings. The van der Waals surface area contributed by atoms with Gasteiger partial charge in [0.25, 0.3) is 0 Å². The van der Waals surface area contributed by atoms with Crippen molar-refractivity contribution in [1.29, 1.82) is 0 Å². The SMILES string of the molecule is CCCCc1oc2ccc(O)cc2c1C(=O)c1cc(OC)cc(OC)c1. The monoisotopic (exact) mass is 354 g/mol. The number of benzene rings is 2. The van der Waals surface area contributed by atoms with Crippen molar-refractivity contribution in [2.75, 3.05) is 14.2 Å². The van der Waals surface area contributed by atoms with Crippen LogP contribution in [0.1, 0.15) is 41.4 Å². The Kier molecular flexibility index (Phi) is 5.16. The lowest BCUT2D eigenvalue weighted by atomic mass is 9.98. The van der Waals surface area contributed by atoms with Crippen molar-refractivity contribution in [3.8, 4) is 17.2 Å². The molecule has 0 aliphatic carbocycles. The van der Waals surface area contributed by atoms with Gasteiger partial charge in [0, 0.05) is 23.4 Å². The summed E-state index contributed by atoms with van der Waals surface area (Å²) < 4.78 is 16.5. The quantitative estimate of drug-likeness (QED) is 0.621. The molecule has 0 aliphatic rings. The topological polar surface area (TPSA) is 68.9 Å². The number of ether oxygens (including phenoxy) is 2. The average molecular weight is 354 g/mol. The Hall–Kier alpha value is -2.95. The van der Waals surface area contributed by atoms with E-state index in [9.17, 15) is 9.90 Å². The zero-order valence-electron chi connectivity index (χ0n) is 15.2. The van der Waals surface area contributed by atoms with Crippen molar-refractivity contribution in [3.05, 3.63) is 53.3 Å². The predicted molar refractivity (Wildman–Crippen MR) is 99.5 cm³/mol. The number of aromatic hydroxyl groups is 1. The van der Waals surface area contributed by atoms with Crippen LogP contribution in [0.5, 0.6) is 17.2 Å². The summed E-state index contributed by atoms with van der Waals surface area (Å²) in [7, 11) is 3.09. The van der Waals surface area contributed by atoms with Gasteiger partial charge in [-0.15, -0.1) is 0 Å². The molecule has 0 unspecified atom stereocenters. The van der Waals surface area contributed by atoms with Gasteiger partial charge in [-0.2, -0.15) is 0 Å². The minimum absolute atomic E-state index is 0.0950. The molecule has 5 heteroatoms. The van der Waals surface area contributed by atoms with Gasteiger partial charge in [0.05, 0.1) is 19.8 Å². The maximum absolute atomic E-state index is 13.3. The summed E-state index contributed by atoms with van der Waals surface area (Å²) >= 11 is 0. The third-order valence-corrected chi connectivity index (χ3v) is 4.34. The summed E-state index contributed by atoms with van der Waals surface area (Å²) in [5.74, 6) is 1.63. The van der Waals surface area contributed by atoms with Crippen LogP contribution >= 0.6 is 0 Å². The van der Waals surface area contributed by atoms with E-state index >= 15 is 0 Å². The van der Waals surface area contributed by atoms with Gasteiger partial charge in [0.15, 0.2) is 5.78 Å². The molecule has 1 N–H and O–H groups in total. The summed E-state index contributed by atoms with van der Waals surface area (Å²) in [6.45, 7) is 2.09. The van der Waals surface area contributed by atoms with Crippen LogP contribution in [0.25, 0.3) is 11.0 Å². The lowest BCUT2D eigenvalue weighted by Gasteiger charge is -2.08. The lowest BCUT2D eigenvalue weighted by Crippen LogP contribution is -2.05. The second-order valence-corrected chi connectivity index (χ2v) is 6.11. The first kappa shape index (κ1) is 17.9. The van der Waals surface area contributed by atoms with E-state index in [1.54, 1.807) is 50.6 Å². The number of unbranched alkanes of at least 4 members (excludes halogenated alkanes) is 1. The highest BCUT2D eigenvalue weighted by Gasteiger charge is 2.23. The van der Waals surface area contributed by atoms with Gasteiger partial charge >= 0.3 is 0 Å². The minimum atomic E-state index is -0.183. The Morgan fingerprint density at radius 1 is 1.08 bits per heavy atom. The number of phenols is 1. The van der Waals surface area contributed by atoms with Crippen LogP contribution in [0.15, 0.2) is 40.8 Å². The van der Waals surface area contributed by atoms with Gasteiger partial charge < -0.3 is 19.0 Å². The van der Waals surface area contributed by atoms with Crippen molar-refractivity contribution in [2.24, 2.45) is 0 Å². The first-order valence-electron chi connectivity index (χ1n) is 8.59. The number of ketones is 1. The molecular weight excluding hydrogens is 332 g/mol. The molecule has 0 aliphatic heterocycles. The molecule has 0 saturated carbocycles.